The van der Waals surface area contributed by atoms with Gasteiger partial charge in [0.15, 0.2) is 6.61 Å². The van der Waals surface area contributed by atoms with Crippen LogP contribution in [0, 0.1) is 6.92 Å². The van der Waals surface area contributed by atoms with Crippen LogP contribution < -0.4 is 4.74 Å². The van der Waals surface area contributed by atoms with E-state index in [1.807, 2.05) is 6.92 Å². The summed E-state index contributed by atoms with van der Waals surface area (Å²) in [7, 11) is 0. The third-order valence-corrected chi connectivity index (χ3v) is 2.26. The van der Waals surface area contributed by atoms with E-state index < -0.39 is 0 Å². The molecule has 0 aliphatic rings. The van der Waals surface area contributed by atoms with Crippen LogP contribution in [-0.4, -0.2) is 24.3 Å². The maximum atomic E-state index is 11.3. The average Bonchev–Trinajstić information content (AvgIpc) is 2.28. The number of unbranched alkanes of at least 4 members (excludes halogenated alkanes) is 1. The number of aryl methyl sites for hydroxylation is 1. The zero-order valence-corrected chi connectivity index (χ0v) is 10.2. The van der Waals surface area contributed by atoms with Crippen LogP contribution in [0.2, 0.25) is 0 Å². The summed E-state index contributed by atoms with van der Waals surface area (Å²) in [5, 5.41) is 9.21. The standard InChI is InChI=1S/C13H18O4/c1-3-4-7-16-13(15)9-17-12-6-5-11(14)8-10(12)2/h5-6,8,14H,3-4,7,9H2,1-2H3. The lowest BCUT2D eigenvalue weighted by Crippen LogP contribution is -2.15. The minimum atomic E-state index is -0.370. The summed E-state index contributed by atoms with van der Waals surface area (Å²) in [6.45, 7) is 4.17. The predicted octanol–water partition coefficient (Wildman–Crippen LogP) is 2.42. The second-order valence-electron chi connectivity index (χ2n) is 3.81. The Kier molecular flexibility index (Phi) is 5.33. The van der Waals surface area contributed by atoms with E-state index in [-0.39, 0.29) is 18.3 Å². The van der Waals surface area contributed by atoms with Crippen LogP contribution >= 0.6 is 0 Å². The van der Waals surface area contributed by atoms with Gasteiger partial charge in [-0.05, 0) is 37.1 Å². The van der Waals surface area contributed by atoms with E-state index in [1.165, 1.54) is 6.07 Å². The van der Waals surface area contributed by atoms with Gasteiger partial charge in [-0.2, -0.15) is 0 Å². The van der Waals surface area contributed by atoms with Crippen LogP contribution in [-0.2, 0) is 9.53 Å². The number of ether oxygens (including phenoxy) is 2. The number of benzene rings is 1. The molecule has 1 rings (SSSR count). The first-order chi connectivity index (χ1) is 8.13. The summed E-state index contributed by atoms with van der Waals surface area (Å²) in [6, 6.07) is 4.73. The molecule has 0 radical (unpaired) electrons. The number of rotatable bonds is 6. The van der Waals surface area contributed by atoms with Gasteiger partial charge in [-0.25, -0.2) is 4.79 Å². The second-order valence-corrected chi connectivity index (χ2v) is 3.81. The van der Waals surface area contributed by atoms with E-state index in [9.17, 15) is 9.90 Å². The third-order valence-electron chi connectivity index (χ3n) is 2.26. The lowest BCUT2D eigenvalue weighted by molar-refractivity contribution is -0.146. The number of hydrogen-bond acceptors (Lipinski definition) is 4. The molecular formula is C13H18O4. The van der Waals surface area contributed by atoms with Gasteiger partial charge in [-0.15, -0.1) is 0 Å². The minimum absolute atomic E-state index is 0.102. The van der Waals surface area contributed by atoms with Crippen molar-refractivity contribution in [1.82, 2.24) is 0 Å². The van der Waals surface area contributed by atoms with Crippen molar-refractivity contribution < 1.29 is 19.4 Å². The number of phenols is 1. The Bertz CT molecular complexity index is 374. The molecule has 0 fully saturated rings. The van der Waals surface area contributed by atoms with Gasteiger partial charge < -0.3 is 14.6 Å². The molecule has 17 heavy (non-hydrogen) atoms. The number of esters is 1. The first kappa shape index (κ1) is 13.4. The Hall–Kier alpha value is -1.71. The van der Waals surface area contributed by atoms with Gasteiger partial charge in [0, 0.05) is 0 Å². The molecule has 4 nitrogen and oxygen atoms in total. The summed E-state index contributed by atoms with van der Waals surface area (Å²) in [4.78, 5) is 11.3. The molecule has 0 bridgehead atoms. The van der Waals surface area contributed by atoms with Crippen molar-refractivity contribution in [3.63, 3.8) is 0 Å². The lowest BCUT2D eigenvalue weighted by Gasteiger charge is -2.09. The zero-order chi connectivity index (χ0) is 12.7. The van der Waals surface area contributed by atoms with E-state index >= 15 is 0 Å². The highest BCUT2D eigenvalue weighted by Crippen LogP contribution is 2.22. The molecule has 0 atom stereocenters. The van der Waals surface area contributed by atoms with Gasteiger partial charge >= 0.3 is 5.97 Å². The molecular weight excluding hydrogens is 220 g/mol. The van der Waals surface area contributed by atoms with Crippen LogP contribution in [0.3, 0.4) is 0 Å². The Balaban J connectivity index is 2.37. The quantitative estimate of drug-likeness (QED) is 0.611. The molecule has 0 unspecified atom stereocenters. The van der Waals surface area contributed by atoms with Gasteiger partial charge in [0.25, 0.3) is 0 Å². The van der Waals surface area contributed by atoms with E-state index in [4.69, 9.17) is 9.47 Å². The largest absolute Gasteiger partial charge is 0.508 e. The molecule has 0 heterocycles. The van der Waals surface area contributed by atoms with Crippen LogP contribution in [0.4, 0.5) is 0 Å². The topological polar surface area (TPSA) is 55.8 Å². The molecule has 0 saturated heterocycles. The van der Waals surface area contributed by atoms with Crippen LogP contribution in [0.5, 0.6) is 11.5 Å². The van der Waals surface area contributed by atoms with Crippen molar-refractivity contribution >= 4 is 5.97 Å². The van der Waals surface area contributed by atoms with Gasteiger partial charge in [0.1, 0.15) is 11.5 Å². The van der Waals surface area contributed by atoms with Gasteiger partial charge in [0.2, 0.25) is 0 Å². The van der Waals surface area contributed by atoms with E-state index in [2.05, 4.69) is 0 Å². The third kappa shape index (κ3) is 4.76. The van der Waals surface area contributed by atoms with Crippen molar-refractivity contribution in [2.45, 2.75) is 26.7 Å². The number of phenolic OH excluding ortho intramolecular Hbond substituents is 1. The average molecular weight is 238 g/mol. The normalized spacial score (nSPS) is 10.0. The van der Waals surface area contributed by atoms with Crippen molar-refractivity contribution in [2.24, 2.45) is 0 Å². The molecule has 0 aliphatic carbocycles. The summed E-state index contributed by atoms with van der Waals surface area (Å²) >= 11 is 0. The van der Waals surface area contributed by atoms with Crippen LogP contribution in [0.15, 0.2) is 18.2 Å². The summed E-state index contributed by atoms with van der Waals surface area (Å²) in [5.41, 5.74) is 0.784. The maximum absolute atomic E-state index is 11.3. The van der Waals surface area contributed by atoms with E-state index in [1.54, 1.807) is 19.1 Å². The van der Waals surface area contributed by atoms with Crippen molar-refractivity contribution in [3.05, 3.63) is 23.8 Å². The molecule has 0 aromatic heterocycles. The smallest absolute Gasteiger partial charge is 0.344 e. The summed E-state index contributed by atoms with van der Waals surface area (Å²) in [5.74, 6) is 0.390. The van der Waals surface area contributed by atoms with Gasteiger partial charge in [-0.1, -0.05) is 13.3 Å². The second kappa shape index (κ2) is 6.78. The Labute approximate surface area is 101 Å². The van der Waals surface area contributed by atoms with Gasteiger partial charge in [-0.3, -0.25) is 0 Å². The minimum Gasteiger partial charge on any atom is -0.508 e. The molecule has 94 valence electrons. The Morgan fingerprint density at radius 2 is 2.18 bits per heavy atom. The summed E-state index contributed by atoms with van der Waals surface area (Å²) in [6.07, 6.45) is 1.86. The van der Waals surface area contributed by atoms with E-state index in [0.717, 1.165) is 18.4 Å². The Morgan fingerprint density at radius 1 is 1.41 bits per heavy atom. The van der Waals surface area contributed by atoms with E-state index in [0.29, 0.717) is 12.4 Å². The summed E-state index contributed by atoms with van der Waals surface area (Å²) < 4.78 is 10.3. The molecule has 0 saturated carbocycles. The van der Waals surface area contributed by atoms with Gasteiger partial charge in [0.05, 0.1) is 6.61 Å². The van der Waals surface area contributed by atoms with Crippen LogP contribution in [0.1, 0.15) is 25.3 Å². The molecule has 1 aromatic carbocycles. The number of aromatic hydroxyl groups is 1. The molecule has 4 heteroatoms. The fourth-order valence-electron chi connectivity index (χ4n) is 1.30. The predicted molar refractivity (Wildman–Crippen MR) is 64.2 cm³/mol. The molecule has 0 spiro atoms. The molecule has 1 N–H and O–H groups in total. The number of carbonyl (C=O) groups excluding carboxylic acids is 1. The fourth-order valence-corrected chi connectivity index (χ4v) is 1.30. The lowest BCUT2D eigenvalue weighted by atomic mass is 10.2. The fraction of sp³-hybridized carbons (Fsp3) is 0.462. The highest BCUT2D eigenvalue weighted by atomic mass is 16.6. The first-order valence-corrected chi connectivity index (χ1v) is 5.71. The molecule has 0 amide bonds. The molecule has 0 aliphatic heterocycles. The Morgan fingerprint density at radius 3 is 2.82 bits per heavy atom. The maximum Gasteiger partial charge on any atom is 0.344 e. The highest BCUT2D eigenvalue weighted by Gasteiger charge is 2.06. The first-order valence-electron chi connectivity index (χ1n) is 5.71. The molecule has 1 aromatic rings. The van der Waals surface area contributed by atoms with Crippen molar-refractivity contribution in [2.75, 3.05) is 13.2 Å². The van der Waals surface area contributed by atoms with Crippen molar-refractivity contribution in [1.29, 1.82) is 0 Å². The number of carbonyl (C=O) groups is 1. The van der Waals surface area contributed by atoms with Crippen LogP contribution in [0.25, 0.3) is 0 Å². The zero-order valence-electron chi connectivity index (χ0n) is 10.2. The SMILES string of the molecule is CCCCOC(=O)COc1ccc(O)cc1C. The highest BCUT2D eigenvalue weighted by molar-refractivity contribution is 5.71. The van der Waals surface area contributed by atoms with Crippen molar-refractivity contribution in [3.8, 4) is 11.5 Å². The monoisotopic (exact) mass is 238 g/mol. The number of hydrogen-bond donors (Lipinski definition) is 1.